The van der Waals surface area contributed by atoms with Gasteiger partial charge in [0, 0.05) is 29.1 Å². The number of nitrogens with zero attached hydrogens (tertiary/aromatic N) is 1. The van der Waals surface area contributed by atoms with Crippen LogP contribution in [0.5, 0.6) is 5.75 Å². The normalized spacial score (nSPS) is 30.9. The molecule has 0 saturated heterocycles. The van der Waals surface area contributed by atoms with Gasteiger partial charge in [-0.2, -0.15) is 0 Å². The number of hydrogen-bond acceptors (Lipinski definition) is 8. The molecule has 2 aliphatic heterocycles. The van der Waals surface area contributed by atoms with Crippen molar-refractivity contribution < 1.29 is 32.9 Å². The Hall–Kier alpha value is -2.63. The monoisotopic (exact) mass is 658 g/mol. The summed E-state index contributed by atoms with van der Waals surface area (Å²) in [6.07, 6.45) is 8.33. The van der Waals surface area contributed by atoms with Gasteiger partial charge in [0.15, 0.2) is 0 Å². The summed E-state index contributed by atoms with van der Waals surface area (Å²) in [6.45, 7) is 3.07. The fourth-order valence-electron chi connectivity index (χ4n) is 7.39. The fourth-order valence-corrected chi connectivity index (χ4v) is 8.61. The van der Waals surface area contributed by atoms with Crippen molar-refractivity contribution in [2.45, 2.75) is 74.7 Å². The summed E-state index contributed by atoms with van der Waals surface area (Å²) >= 11 is 6.41. The van der Waals surface area contributed by atoms with E-state index in [1.54, 1.807) is 25.1 Å². The van der Waals surface area contributed by atoms with Gasteiger partial charge in [-0.05, 0) is 105 Å². The third kappa shape index (κ3) is 6.76. The predicted molar refractivity (Wildman–Crippen MR) is 173 cm³/mol. The highest BCUT2D eigenvalue weighted by Gasteiger charge is 2.44. The third-order valence-electron chi connectivity index (χ3n) is 10.2. The second kappa shape index (κ2) is 13.2. The molecule has 2 aromatic rings. The molecule has 0 radical (unpaired) electrons. The van der Waals surface area contributed by atoms with E-state index < -0.39 is 27.3 Å². The number of carbonyl (C=O) groups excluding carboxylic acids is 1. The maximum atomic E-state index is 13.3. The second-order valence-corrected chi connectivity index (χ2v) is 15.8. The van der Waals surface area contributed by atoms with Crippen LogP contribution in [-0.2, 0) is 26.6 Å². The van der Waals surface area contributed by atoms with Crippen LogP contribution in [-0.4, -0.2) is 74.9 Å². The molecule has 2 aliphatic carbocycles. The summed E-state index contributed by atoms with van der Waals surface area (Å²) < 4.78 is 41.2. The number of aliphatic hydroxyl groups excluding tert-OH is 2. The smallest absolute Gasteiger partial charge is 0.264 e. The zero-order valence-electron chi connectivity index (χ0n) is 25.7. The second-order valence-electron chi connectivity index (χ2n) is 13.2. The van der Waals surface area contributed by atoms with E-state index in [-0.39, 0.29) is 42.1 Å². The van der Waals surface area contributed by atoms with Gasteiger partial charge in [-0.25, -0.2) is 13.1 Å². The lowest BCUT2D eigenvalue weighted by atomic mass is 9.68. The minimum Gasteiger partial charge on any atom is -0.490 e. The molecule has 0 unspecified atom stereocenters. The lowest BCUT2D eigenvalue weighted by Crippen LogP contribution is -2.50. The number of aliphatic hydroxyl groups is 2. The average molecular weight is 659 g/mol. The van der Waals surface area contributed by atoms with E-state index in [1.165, 1.54) is 11.1 Å². The largest absolute Gasteiger partial charge is 0.490 e. The zero-order valence-corrected chi connectivity index (χ0v) is 27.2. The van der Waals surface area contributed by atoms with Gasteiger partial charge in [0.05, 0.1) is 36.9 Å². The lowest BCUT2D eigenvalue weighted by molar-refractivity contribution is -0.0584. The summed E-state index contributed by atoms with van der Waals surface area (Å²) in [5.41, 5.74) is 3.22. The van der Waals surface area contributed by atoms with Gasteiger partial charge in [0.1, 0.15) is 11.9 Å². The first-order chi connectivity index (χ1) is 21.6. The number of hydrogen-bond donors (Lipinski definition) is 3. The molecule has 2 bridgehead atoms. The van der Waals surface area contributed by atoms with Crippen molar-refractivity contribution in [1.82, 2.24) is 4.72 Å². The molecular weight excluding hydrogens is 616 g/mol. The first kappa shape index (κ1) is 32.3. The van der Waals surface area contributed by atoms with E-state index in [2.05, 4.69) is 21.8 Å². The number of benzene rings is 2. The maximum Gasteiger partial charge on any atom is 0.264 e. The van der Waals surface area contributed by atoms with Crippen LogP contribution >= 0.6 is 11.6 Å². The van der Waals surface area contributed by atoms with Crippen LogP contribution in [0.15, 0.2) is 48.6 Å². The number of nitrogens with one attached hydrogen (secondary N) is 1. The van der Waals surface area contributed by atoms with E-state index in [1.807, 2.05) is 18.2 Å². The SMILES string of the molecule is C[C@@H]1CC/C=C\[C@H](OC[C@H](O)CO)[C@@H]2CC[C@H]2CN2C[C@@]3(CCCc4cc(Cl)ccc43)COc3ccc(cc32)C(=O)NS1(=O)=O. The highest BCUT2D eigenvalue weighted by atomic mass is 35.5. The molecule has 6 atom stereocenters. The van der Waals surface area contributed by atoms with Crippen molar-refractivity contribution in [1.29, 1.82) is 0 Å². The van der Waals surface area contributed by atoms with E-state index >= 15 is 0 Å². The molecule has 45 heavy (non-hydrogen) atoms. The predicted octanol–water partition coefficient (Wildman–Crippen LogP) is 4.38. The van der Waals surface area contributed by atoms with Crippen molar-refractivity contribution in [3.05, 3.63) is 70.3 Å². The Bertz CT molecular complexity index is 1550. The van der Waals surface area contributed by atoms with Crippen LogP contribution in [0, 0.1) is 11.8 Å². The summed E-state index contributed by atoms with van der Waals surface area (Å²) in [5, 5.41) is 19.4. The lowest BCUT2D eigenvalue weighted by Gasteiger charge is -2.46. The van der Waals surface area contributed by atoms with E-state index in [0.29, 0.717) is 38.3 Å². The summed E-state index contributed by atoms with van der Waals surface area (Å²) in [6, 6.07) is 11.3. The summed E-state index contributed by atoms with van der Waals surface area (Å²) in [7, 11) is -3.92. The van der Waals surface area contributed by atoms with Crippen molar-refractivity contribution >= 4 is 33.2 Å². The van der Waals surface area contributed by atoms with Crippen LogP contribution in [0.1, 0.15) is 66.9 Å². The molecule has 1 amide bonds. The topological polar surface area (TPSA) is 125 Å². The average Bonchev–Trinajstić information content (AvgIpc) is 3.15. The first-order valence-corrected chi connectivity index (χ1v) is 17.9. The maximum absolute atomic E-state index is 13.3. The minimum absolute atomic E-state index is 0.0116. The Morgan fingerprint density at radius 2 is 2.04 bits per heavy atom. The van der Waals surface area contributed by atoms with Crippen molar-refractivity contribution in [3.63, 3.8) is 0 Å². The van der Waals surface area contributed by atoms with Gasteiger partial charge >= 0.3 is 0 Å². The summed E-state index contributed by atoms with van der Waals surface area (Å²) in [4.78, 5) is 15.6. The van der Waals surface area contributed by atoms with Gasteiger partial charge in [-0.3, -0.25) is 4.79 Å². The van der Waals surface area contributed by atoms with Crippen molar-refractivity contribution in [2.75, 3.05) is 37.8 Å². The van der Waals surface area contributed by atoms with Gasteiger partial charge < -0.3 is 24.6 Å². The van der Waals surface area contributed by atoms with E-state index in [4.69, 9.17) is 21.1 Å². The highest BCUT2D eigenvalue weighted by molar-refractivity contribution is 7.90. The standard InChI is InChI=1S/C34H43ClN2O7S/c1-22-5-2-3-7-31(43-19-27(39)18-38)28-11-8-25(28)17-37-20-34(14-4-6-23-15-26(35)10-12-29(23)34)21-44-32-13-9-24(16-30(32)37)33(40)36-45(22,41)42/h3,7,9-10,12-13,15-16,22,25,27-28,31,38-39H,2,4-6,8,11,14,17-21H2,1H3,(H,36,40)/b7-3-/t22-,25+,27-,28-,31+,34+/m1/s1. The van der Waals surface area contributed by atoms with Gasteiger partial charge in [0.2, 0.25) is 10.0 Å². The number of halogens is 1. The van der Waals surface area contributed by atoms with E-state index in [9.17, 15) is 23.4 Å². The molecule has 9 nitrogen and oxygen atoms in total. The number of anilines is 1. The van der Waals surface area contributed by atoms with Crippen LogP contribution in [0.25, 0.3) is 0 Å². The van der Waals surface area contributed by atoms with E-state index in [0.717, 1.165) is 42.8 Å². The van der Waals surface area contributed by atoms with Gasteiger partial charge in [-0.1, -0.05) is 29.8 Å². The Balaban J connectivity index is 1.40. The van der Waals surface area contributed by atoms with Gasteiger partial charge in [-0.15, -0.1) is 0 Å². The number of aryl methyl sites for hydroxylation is 1. The minimum atomic E-state index is -3.92. The molecule has 4 aliphatic rings. The molecule has 0 aromatic heterocycles. The van der Waals surface area contributed by atoms with Crippen LogP contribution in [0.4, 0.5) is 5.69 Å². The Morgan fingerprint density at radius 3 is 2.82 bits per heavy atom. The van der Waals surface area contributed by atoms with Crippen LogP contribution in [0.3, 0.4) is 0 Å². The van der Waals surface area contributed by atoms with Crippen LogP contribution in [0.2, 0.25) is 5.02 Å². The quantitative estimate of drug-likeness (QED) is 0.414. The van der Waals surface area contributed by atoms with Crippen molar-refractivity contribution in [3.8, 4) is 5.75 Å². The Morgan fingerprint density at radius 1 is 1.20 bits per heavy atom. The molecule has 2 aromatic carbocycles. The number of sulfonamides is 1. The summed E-state index contributed by atoms with van der Waals surface area (Å²) in [5.74, 6) is 0.457. The Labute approximate surface area is 270 Å². The third-order valence-corrected chi connectivity index (χ3v) is 12.2. The van der Waals surface area contributed by atoms with Crippen LogP contribution < -0.4 is 14.4 Å². The molecule has 1 spiro atoms. The number of amides is 1. The molecule has 2 heterocycles. The molecule has 1 saturated carbocycles. The Kier molecular flexibility index (Phi) is 9.51. The number of rotatable bonds is 4. The zero-order chi connectivity index (χ0) is 31.8. The van der Waals surface area contributed by atoms with Gasteiger partial charge in [0.25, 0.3) is 5.91 Å². The number of fused-ring (bicyclic) bond motifs is 4. The molecule has 1 fully saturated rings. The number of carbonyl (C=O) groups is 1. The number of allylic oxidation sites excluding steroid dienone is 1. The molecule has 244 valence electrons. The first-order valence-electron chi connectivity index (χ1n) is 16.0. The molecule has 3 N–H and O–H groups in total. The highest BCUT2D eigenvalue weighted by Crippen LogP contribution is 2.47. The molecular formula is C34H43ClN2O7S. The molecule has 6 rings (SSSR count). The fraction of sp³-hybridized carbons (Fsp3) is 0.559. The number of ether oxygens (including phenoxy) is 2. The van der Waals surface area contributed by atoms with Crippen molar-refractivity contribution in [2.24, 2.45) is 11.8 Å². The molecule has 11 heteroatoms.